The highest BCUT2D eigenvalue weighted by atomic mass is 16.6. The first kappa shape index (κ1) is 28.1. The molecule has 0 bridgehead atoms. The van der Waals surface area contributed by atoms with E-state index in [1.54, 1.807) is 34.6 Å². The van der Waals surface area contributed by atoms with Gasteiger partial charge in [-0.2, -0.15) is 0 Å². The minimum absolute atomic E-state index is 0.175. The molecule has 0 amide bonds. The molecule has 2 saturated heterocycles. The average molecular weight is 547 g/mol. The number of carbonyl (C=O) groups is 4. The number of allylic oxidation sites excluding steroid dienone is 1. The fraction of sp³-hybridized carbons (Fsp3) is 0.724. The van der Waals surface area contributed by atoms with Crippen LogP contribution in [0.4, 0.5) is 0 Å². The maximum absolute atomic E-state index is 14.2. The van der Waals surface area contributed by atoms with E-state index in [-0.39, 0.29) is 12.0 Å². The lowest BCUT2D eigenvalue weighted by Gasteiger charge is -2.61. The van der Waals surface area contributed by atoms with Gasteiger partial charge in [0.15, 0.2) is 5.78 Å². The molecule has 4 N–H and O–H groups in total. The van der Waals surface area contributed by atoms with E-state index < -0.39 is 93.1 Å². The molecule has 0 aromatic rings. The van der Waals surface area contributed by atoms with E-state index in [2.05, 4.69) is 0 Å². The summed E-state index contributed by atoms with van der Waals surface area (Å²) >= 11 is 0. The van der Waals surface area contributed by atoms with Crippen molar-refractivity contribution in [2.45, 2.75) is 97.4 Å². The number of carboxylic acids is 1. The van der Waals surface area contributed by atoms with Crippen molar-refractivity contribution in [3.63, 3.8) is 0 Å². The smallest absolute Gasteiger partial charge is 0.314 e. The van der Waals surface area contributed by atoms with Crippen molar-refractivity contribution in [1.82, 2.24) is 0 Å². The van der Waals surface area contributed by atoms with E-state index in [1.807, 2.05) is 0 Å². The highest BCUT2D eigenvalue weighted by Gasteiger charge is 2.86. The van der Waals surface area contributed by atoms with Gasteiger partial charge in [-0.15, -0.1) is 0 Å². The second kappa shape index (κ2) is 7.87. The molecular weight excluding hydrogens is 508 g/mol. The molecule has 10 atom stereocenters. The molecular formula is C29H38O10. The van der Waals surface area contributed by atoms with E-state index in [1.165, 1.54) is 26.0 Å². The molecule has 3 fully saturated rings. The molecule has 1 spiro atoms. The Morgan fingerprint density at radius 2 is 1.77 bits per heavy atom. The minimum atomic E-state index is -1.85. The number of epoxide rings is 1. The molecule has 5 aliphatic rings. The molecule has 0 aromatic carbocycles. The van der Waals surface area contributed by atoms with Crippen molar-refractivity contribution >= 4 is 23.5 Å². The number of ether oxygens (including phenoxy) is 2. The Morgan fingerprint density at radius 1 is 1.15 bits per heavy atom. The lowest BCUT2D eigenvalue weighted by atomic mass is 9.42. The van der Waals surface area contributed by atoms with Gasteiger partial charge in [-0.05, 0) is 64.2 Å². The third-order valence-electron chi connectivity index (χ3n) is 11.1. The predicted molar refractivity (Wildman–Crippen MR) is 135 cm³/mol. The molecule has 0 unspecified atom stereocenters. The molecule has 1 saturated carbocycles. The quantitative estimate of drug-likeness (QED) is 0.218. The number of aliphatic hydroxyl groups is 3. The number of carboxylic acid groups (broad SMARTS) is 1. The van der Waals surface area contributed by atoms with Crippen molar-refractivity contribution in [3.05, 3.63) is 23.3 Å². The van der Waals surface area contributed by atoms with Crippen LogP contribution in [-0.4, -0.2) is 73.6 Å². The third-order valence-corrected chi connectivity index (χ3v) is 11.1. The summed E-state index contributed by atoms with van der Waals surface area (Å²) in [6, 6.07) is 0. The number of esters is 1. The molecule has 10 heteroatoms. The van der Waals surface area contributed by atoms with E-state index in [0.29, 0.717) is 12.0 Å². The number of aliphatic carboxylic acids is 1. The summed E-state index contributed by atoms with van der Waals surface area (Å²) in [5.74, 6) is -3.92. The van der Waals surface area contributed by atoms with Crippen LogP contribution >= 0.6 is 0 Å². The van der Waals surface area contributed by atoms with Crippen LogP contribution in [0.3, 0.4) is 0 Å². The number of hydrogen-bond acceptors (Lipinski definition) is 9. The Bertz CT molecular complexity index is 1260. The van der Waals surface area contributed by atoms with Crippen LogP contribution in [0.5, 0.6) is 0 Å². The SMILES string of the molecule is C[C@@H](CC(=O)C[C@](C)(O)C1=C[C@@H](O)[C@]2(C)[C@]1(C)C(=O)C=C1[C@@]3(C)[C@@H](O)OC(=O)C(C)(C)[C@@H]3C[C@@H]3O[C@]132)C(=O)O. The van der Waals surface area contributed by atoms with Crippen molar-refractivity contribution in [2.24, 2.45) is 33.5 Å². The first-order chi connectivity index (χ1) is 17.7. The first-order valence-corrected chi connectivity index (χ1v) is 13.5. The monoisotopic (exact) mass is 546 g/mol. The van der Waals surface area contributed by atoms with E-state index >= 15 is 0 Å². The van der Waals surface area contributed by atoms with Gasteiger partial charge in [-0.1, -0.05) is 19.9 Å². The number of fused-ring (bicyclic) bond motifs is 3. The van der Waals surface area contributed by atoms with Gasteiger partial charge in [0.05, 0.1) is 40.0 Å². The zero-order valence-electron chi connectivity index (χ0n) is 23.4. The van der Waals surface area contributed by atoms with Crippen molar-refractivity contribution < 1.29 is 49.1 Å². The second-order valence-electron chi connectivity index (χ2n) is 13.6. The number of carbonyl (C=O) groups excluding carboxylic acids is 3. The van der Waals surface area contributed by atoms with Crippen LogP contribution < -0.4 is 0 Å². The number of ketones is 2. The summed E-state index contributed by atoms with van der Waals surface area (Å²) in [6.07, 6.45) is -0.730. The zero-order valence-corrected chi connectivity index (χ0v) is 23.4. The van der Waals surface area contributed by atoms with Crippen LogP contribution in [-0.2, 0) is 28.7 Å². The van der Waals surface area contributed by atoms with Crippen LogP contribution in [0.1, 0.15) is 67.7 Å². The Kier molecular flexibility index (Phi) is 5.68. The molecule has 0 aromatic heterocycles. The molecule has 5 rings (SSSR count). The summed E-state index contributed by atoms with van der Waals surface area (Å²) < 4.78 is 11.8. The van der Waals surface area contributed by atoms with Gasteiger partial charge in [0.1, 0.15) is 11.4 Å². The van der Waals surface area contributed by atoms with E-state index in [0.717, 1.165) is 0 Å². The van der Waals surface area contributed by atoms with Gasteiger partial charge >= 0.3 is 11.9 Å². The van der Waals surface area contributed by atoms with Crippen molar-refractivity contribution in [2.75, 3.05) is 0 Å². The van der Waals surface area contributed by atoms with Gasteiger partial charge in [0.25, 0.3) is 0 Å². The Morgan fingerprint density at radius 3 is 2.36 bits per heavy atom. The number of hydrogen-bond donors (Lipinski definition) is 4. The van der Waals surface area contributed by atoms with Crippen LogP contribution in [0.15, 0.2) is 23.3 Å². The minimum Gasteiger partial charge on any atom is -0.481 e. The number of rotatable bonds is 6. The van der Waals surface area contributed by atoms with Crippen LogP contribution in [0, 0.1) is 33.5 Å². The summed E-state index contributed by atoms with van der Waals surface area (Å²) in [7, 11) is 0. The fourth-order valence-electron chi connectivity index (χ4n) is 8.57. The number of cyclic esters (lactones) is 1. The summed E-state index contributed by atoms with van der Waals surface area (Å²) in [4.78, 5) is 50.9. The molecule has 10 nitrogen and oxygen atoms in total. The molecule has 39 heavy (non-hydrogen) atoms. The molecule has 0 radical (unpaired) electrons. The second-order valence-corrected chi connectivity index (χ2v) is 13.6. The number of Topliss-reactive ketones (excluding diaryl/α,β-unsaturated/α-hetero) is 1. The van der Waals surface area contributed by atoms with E-state index in [9.17, 15) is 39.6 Å². The van der Waals surface area contributed by atoms with Gasteiger partial charge < -0.3 is 29.9 Å². The lowest BCUT2D eigenvalue weighted by molar-refractivity contribution is -0.243. The zero-order chi connectivity index (χ0) is 29.3. The molecule has 3 aliphatic carbocycles. The fourth-order valence-corrected chi connectivity index (χ4v) is 8.57. The topological polar surface area (TPSA) is 171 Å². The average Bonchev–Trinajstić information content (AvgIpc) is 3.50. The summed E-state index contributed by atoms with van der Waals surface area (Å²) in [5, 5.41) is 43.5. The summed E-state index contributed by atoms with van der Waals surface area (Å²) in [6.45, 7) is 11.4. The van der Waals surface area contributed by atoms with Crippen LogP contribution in [0.2, 0.25) is 0 Å². The Labute approximate surface area is 227 Å². The maximum atomic E-state index is 14.2. The number of aliphatic hydroxyl groups excluding tert-OH is 2. The van der Waals surface area contributed by atoms with Crippen molar-refractivity contribution in [3.8, 4) is 0 Å². The highest BCUT2D eigenvalue weighted by molar-refractivity contribution is 6.02. The lowest BCUT2D eigenvalue weighted by Crippen LogP contribution is -2.69. The molecule has 214 valence electrons. The van der Waals surface area contributed by atoms with Gasteiger partial charge in [-0.3, -0.25) is 19.2 Å². The van der Waals surface area contributed by atoms with Gasteiger partial charge in [0, 0.05) is 18.3 Å². The normalized spacial score (nSPS) is 45.8. The standard InChI is InChI=1S/C29H38O10/c1-13(21(33)34)8-14(30)12-25(4,37)16-9-19(32)28(7)27(16,6)18(31)10-17-26(5)15(11-20-29(17,28)39-20)24(2,3)22(35)38-23(26)36/h9-10,13,15,19-20,23,32,36-37H,8,11-12H2,1-7H3,(H,33,34)/t13-,15-,19+,20-,23-,25-,26-,27-,28+,29+/m0/s1. The Balaban J connectivity index is 1.59. The molecule has 2 aliphatic heterocycles. The van der Waals surface area contributed by atoms with Crippen molar-refractivity contribution in [1.29, 1.82) is 0 Å². The van der Waals surface area contributed by atoms with Crippen LogP contribution in [0.25, 0.3) is 0 Å². The maximum Gasteiger partial charge on any atom is 0.314 e. The third kappa shape index (κ3) is 3.11. The molecule has 2 heterocycles. The first-order valence-electron chi connectivity index (χ1n) is 13.5. The van der Waals surface area contributed by atoms with Gasteiger partial charge in [0.2, 0.25) is 6.29 Å². The highest BCUT2D eigenvalue weighted by Crippen LogP contribution is 2.78. The largest absolute Gasteiger partial charge is 0.481 e. The predicted octanol–water partition coefficient (Wildman–Crippen LogP) is 1.70. The summed E-state index contributed by atoms with van der Waals surface area (Å²) in [5.41, 5.74) is -7.33. The van der Waals surface area contributed by atoms with E-state index in [4.69, 9.17) is 9.47 Å². The Hall–Kier alpha value is -2.40. The van der Waals surface area contributed by atoms with Gasteiger partial charge in [-0.25, -0.2) is 0 Å².